The van der Waals surface area contributed by atoms with Crippen LogP contribution in [-0.4, -0.2) is 19.3 Å². The molecule has 3 nitrogen and oxygen atoms in total. The SMILES string of the molecule is COC(=O)[C@@H](N=CCCc1ccccc1)c1ccccc1. The lowest BCUT2D eigenvalue weighted by Crippen LogP contribution is -2.12. The first-order valence-corrected chi connectivity index (χ1v) is 6.99. The Hall–Kier alpha value is -2.42. The summed E-state index contributed by atoms with van der Waals surface area (Å²) in [6.45, 7) is 0. The van der Waals surface area contributed by atoms with Gasteiger partial charge in [0, 0.05) is 6.21 Å². The lowest BCUT2D eigenvalue weighted by molar-refractivity contribution is -0.142. The van der Waals surface area contributed by atoms with Crippen LogP contribution >= 0.6 is 0 Å². The molecule has 0 aliphatic carbocycles. The summed E-state index contributed by atoms with van der Waals surface area (Å²) in [5.74, 6) is -0.336. The minimum absolute atomic E-state index is 0.336. The van der Waals surface area contributed by atoms with Crippen molar-refractivity contribution in [1.82, 2.24) is 0 Å². The minimum atomic E-state index is -0.577. The number of hydrogen-bond acceptors (Lipinski definition) is 3. The third kappa shape index (κ3) is 4.56. The van der Waals surface area contributed by atoms with E-state index in [4.69, 9.17) is 4.74 Å². The van der Waals surface area contributed by atoms with Gasteiger partial charge in [-0.1, -0.05) is 60.7 Å². The number of carbonyl (C=O) groups excluding carboxylic acids is 1. The quantitative estimate of drug-likeness (QED) is 0.599. The first-order valence-electron chi connectivity index (χ1n) is 6.99. The van der Waals surface area contributed by atoms with Crippen LogP contribution in [0.5, 0.6) is 0 Å². The number of hydrogen-bond donors (Lipinski definition) is 0. The van der Waals surface area contributed by atoms with Gasteiger partial charge in [-0.05, 0) is 24.0 Å². The molecule has 2 aromatic rings. The maximum atomic E-state index is 11.8. The second-order valence-electron chi connectivity index (χ2n) is 4.69. The van der Waals surface area contributed by atoms with Crippen LogP contribution in [0.4, 0.5) is 0 Å². The molecule has 0 bridgehead atoms. The van der Waals surface area contributed by atoms with E-state index in [-0.39, 0.29) is 5.97 Å². The van der Waals surface area contributed by atoms with Crippen LogP contribution in [0.2, 0.25) is 0 Å². The summed E-state index contributed by atoms with van der Waals surface area (Å²) in [5, 5.41) is 0. The number of benzene rings is 2. The number of ether oxygens (including phenoxy) is 1. The fraction of sp³-hybridized carbons (Fsp3) is 0.222. The van der Waals surface area contributed by atoms with E-state index in [1.54, 1.807) is 0 Å². The van der Waals surface area contributed by atoms with Gasteiger partial charge in [0.25, 0.3) is 0 Å². The van der Waals surface area contributed by atoms with Crippen LogP contribution in [0.1, 0.15) is 23.6 Å². The van der Waals surface area contributed by atoms with Gasteiger partial charge in [0.1, 0.15) is 0 Å². The van der Waals surface area contributed by atoms with Gasteiger partial charge in [-0.3, -0.25) is 4.99 Å². The number of carbonyl (C=O) groups is 1. The molecule has 0 aromatic heterocycles. The highest BCUT2D eigenvalue weighted by Gasteiger charge is 2.18. The molecule has 2 rings (SSSR count). The third-order valence-corrected chi connectivity index (χ3v) is 3.20. The number of esters is 1. The van der Waals surface area contributed by atoms with Crippen molar-refractivity contribution in [2.45, 2.75) is 18.9 Å². The summed E-state index contributed by atoms with van der Waals surface area (Å²) in [4.78, 5) is 16.2. The van der Waals surface area contributed by atoms with Gasteiger partial charge in [0.15, 0.2) is 6.04 Å². The summed E-state index contributed by atoms with van der Waals surface area (Å²) in [6.07, 6.45) is 3.51. The van der Waals surface area contributed by atoms with Crippen LogP contribution in [0.3, 0.4) is 0 Å². The van der Waals surface area contributed by atoms with Gasteiger partial charge in [-0.25, -0.2) is 4.79 Å². The molecule has 21 heavy (non-hydrogen) atoms. The van der Waals surface area contributed by atoms with Crippen LogP contribution in [0.15, 0.2) is 65.7 Å². The lowest BCUT2D eigenvalue weighted by Gasteiger charge is -2.10. The van der Waals surface area contributed by atoms with Gasteiger partial charge in [0.05, 0.1) is 7.11 Å². The highest BCUT2D eigenvalue weighted by molar-refractivity contribution is 5.79. The molecule has 0 N–H and O–H groups in total. The number of nitrogens with zero attached hydrogens (tertiary/aromatic N) is 1. The Labute approximate surface area is 125 Å². The predicted molar refractivity (Wildman–Crippen MR) is 84.5 cm³/mol. The number of methoxy groups -OCH3 is 1. The summed E-state index contributed by atoms with van der Waals surface area (Å²) in [5.41, 5.74) is 2.11. The Kier molecular flexibility index (Phi) is 5.71. The van der Waals surface area contributed by atoms with Gasteiger partial charge in [0.2, 0.25) is 0 Å². The maximum absolute atomic E-state index is 11.8. The summed E-state index contributed by atoms with van der Waals surface area (Å²) in [7, 11) is 1.39. The Bertz CT molecular complexity index is 579. The first kappa shape index (κ1) is 15.0. The monoisotopic (exact) mass is 281 g/mol. The zero-order chi connectivity index (χ0) is 14.9. The van der Waals surface area contributed by atoms with Crippen LogP contribution in [-0.2, 0) is 16.0 Å². The van der Waals surface area contributed by atoms with Gasteiger partial charge in [-0.15, -0.1) is 0 Å². The number of aryl methyl sites for hydroxylation is 1. The second kappa shape index (κ2) is 8.00. The zero-order valence-corrected chi connectivity index (χ0v) is 12.1. The van der Waals surface area contributed by atoms with Crippen molar-refractivity contribution in [2.24, 2.45) is 4.99 Å². The fourth-order valence-corrected chi connectivity index (χ4v) is 2.09. The molecule has 0 saturated carbocycles. The molecule has 0 spiro atoms. The van der Waals surface area contributed by atoms with E-state index in [0.717, 1.165) is 18.4 Å². The molecule has 0 amide bonds. The van der Waals surface area contributed by atoms with Gasteiger partial charge < -0.3 is 4.74 Å². The molecule has 1 atom stereocenters. The Balaban J connectivity index is 1.99. The predicted octanol–water partition coefficient (Wildman–Crippen LogP) is 3.60. The standard InChI is InChI=1S/C18H19NO2/c1-21-18(20)17(16-12-6-3-7-13-16)19-14-8-11-15-9-4-2-5-10-15/h2-7,9-10,12-14,17H,8,11H2,1H3/t17-/m0/s1. The molecule has 0 unspecified atom stereocenters. The molecular formula is C18H19NO2. The molecular weight excluding hydrogens is 262 g/mol. The Morgan fingerprint density at radius 2 is 1.71 bits per heavy atom. The summed E-state index contributed by atoms with van der Waals surface area (Å²) < 4.78 is 4.83. The number of aliphatic imine (C=N–C) groups is 1. The lowest BCUT2D eigenvalue weighted by atomic mass is 10.1. The van der Waals surface area contributed by atoms with E-state index < -0.39 is 6.04 Å². The Morgan fingerprint density at radius 3 is 2.33 bits per heavy atom. The average Bonchev–Trinajstić information content (AvgIpc) is 2.56. The third-order valence-electron chi connectivity index (χ3n) is 3.20. The summed E-state index contributed by atoms with van der Waals surface area (Å²) in [6, 6.07) is 19.1. The average molecular weight is 281 g/mol. The van der Waals surface area contributed by atoms with Crippen molar-refractivity contribution in [3.63, 3.8) is 0 Å². The van der Waals surface area contributed by atoms with Crippen LogP contribution in [0.25, 0.3) is 0 Å². The molecule has 0 fully saturated rings. The minimum Gasteiger partial charge on any atom is -0.467 e. The van der Waals surface area contributed by atoms with Crippen LogP contribution < -0.4 is 0 Å². The molecule has 0 aliphatic heterocycles. The van der Waals surface area contributed by atoms with Crippen molar-refractivity contribution in [3.8, 4) is 0 Å². The fourth-order valence-electron chi connectivity index (χ4n) is 2.09. The second-order valence-corrected chi connectivity index (χ2v) is 4.69. The molecule has 0 radical (unpaired) electrons. The van der Waals surface area contributed by atoms with E-state index in [9.17, 15) is 4.79 Å². The van der Waals surface area contributed by atoms with Gasteiger partial charge in [-0.2, -0.15) is 0 Å². The first-order chi connectivity index (χ1) is 10.3. The largest absolute Gasteiger partial charge is 0.467 e. The molecule has 2 aromatic carbocycles. The number of rotatable bonds is 6. The van der Waals surface area contributed by atoms with Crippen LogP contribution in [0, 0.1) is 0 Å². The van der Waals surface area contributed by atoms with Crippen molar-refractivity contribution in [1.29, 1.82) is 0 Å². The van der Waals surface area contributed by atoms with E-state index in [1.807, 2.05) is 54.7 Å². The van der Waals surface area contributed by atoms with Gasteiger partial charge >= 0.3 is 5.97 Å². The van der Waals surface area contributed by atoms with Crippen molar-refractivity contribution in [2.75, 3.05) is 7.11 Å². The molecule has 108 valence electrons. The topological polar surface area (TPSA) is 38.7 Å². The summed E-state index contributed by atoms with van der Waals surface area (Å²) >= 11 is 0. The van der Waals surface area contributed by atoms with E-state index >= 15 is 0 Å². The molecule has 0 heterocycles. The van der Waals surface area contributed by atoms with Crippen molar-refractivity contribution >= 4 is 12.2 Å². The van der Waals surface area contributed by atoms with E-state index in [2.05, 4.69) is 17.1 Å². The normalized spacial score (nSPS) is 12.2. The molecule has 0 saturated heterocycles. The highest BCUT2D eigenvalue weighted by atomic mass is 16.5. The zero-order valence-electron chi connectivity index (χ0n) is 12.1. The molecule has 3 heteroatoms. The van der Waals surface area contributed by atoms with Crippen molar-refractivity contribution < 1.29 is 9.53 Å². The van der Waals surface area contributed by atoms with E-state index in [1.165, 1.54) is 12.7 Å². The Morgan fingerprint density at radius 1 is 1.10 bits per heavy atom. The molecule has 0 aliphatic rings. The maximum Gasteiger partial charge on any atom is 0.335 e. The smallest absolute Gasteiger partial charge is 0.335 e. The highest BCUT2D eigenvalue weighted by Crippen LogP contribution is 2.18. The van der Waals surface area contributed by atoms with Crippen molar-refractivity contribution in [3.05, 3.63) is 71.8 Å². The van der Waals surface area contributed by atoms with E-state index in [0.29, 0.717) is 0 Å².